The number of para-hydroxylation sites is 1. The van der Waals surface area contributed by atoms with Crippen molar-refractivity contribution in [3.8, 4) is 17.0 Å². The minimum atomic E-state index is -3.36. The van der Waals surface area contributed by atoms with Crippen molar-refractivity contribution < 1.29 is 17.9 Å². The topological polar surface area (TPSA) is 85.4 Å². The highest BCUT2D eigenvalue weighted by Gasteiger charge is 2.23. The van der Waals surface area contributed by atoms with Gasteiger partial charge in [-0.1, -0.05) is 23.5 Å². The second-order valence-corrected chi connectivity index (χ2v) is 10.2. The Hall–Kier alpha value is -2.71. The molecule has 3 aromatic rings. The Morgan fingerprint density at radius 3 is 2.57 bits per heavy atom. The van der Waals surface area contributed by atoms with Gasteiger partial charge in [-0.3, -0.25) is 10.1 Å². The Morgan fingerprint density at radius 1 is 1.14 bits per heavy atom. The second-order valence-electron chi connectivity index (χ2n) is 6.65. The van der Waals surface area contributed by atoms with Gasteiger partial charge in [-0.15, -0.1) is 0 Å². The Balaban J connectivity index is 1.55. The Labute approximate surface area is 167 Å². The number of hydrogen-bond donors (Lipinski definition) is 1. The van der Waals surface area contributed by atoms with Crippen LogP contribution in [0.1, 0.15) is 29.1 Å². The minimum absolute atomic E-state index is 0.206. The molecule has 6 nitrogen and oxygen atoms in total. The fraction of sp³-hybridized carbons (Fsp3) is 0.200. The van der Waals surface area contributed by atoms with Crippen LogP contribution in [0.5, 0.6) is 5.75 Å². The van der Waals surface area contributed by atoms with Crippen molar-refractivity contribution in [2.45, 2.75) is 30.6 Å². The number of carbonyl (C=O) groups excluding carboxylic acids is 1. The van der Waals surface area contributed by atoms with Gasteiger partial charge in [-0.2, -0.15) is 0 Å². The van der Waals surface area contributed by atoms with E-state index in [2.05, 4.69) is 10.3 Å². The number of nitrogens with one attached hydrogen (secondary N) is 1. The summed E-state index contributed by atoms with van der Waals surface area (Å²) in [6.45, 7) is 3.67. The third kappa shape index (κ3) is 3.29. The van der Waals surface area contributed by atoms with Gasteiger partial charge in [0.1, 0.15) is 12.4 Å². The molecule has 1 aromatic heterocycles. The Bertz CT molecular complexity index is 1150. The fourth-order valence-corrected chi connectivity index (χ4v) is 4.83. The predicted octanol–water partition coefficient (Wildman–Crippen LogP) is 4.14. The molecule has 2 aromatic carbocycles. The summed E-state index contributed by atoms with van der Waals surface area (Å²) in [5, 5.41) is 2.76. The zero-order valence-electron chi connectivity index (χ0n) is 15.3. The van der Waals surface area contributed by atoms with E-state index < -0.39 is 15.1 Å². The van der Waals surface area contributed by atoms with Crippen LogP contribution in [0.3, 0.4) is 0 Å². The maximum Gasteiger partial charge on any atom is 0.257 e. The van der Waals surface area contributed by atoms with Gasteiger partial charge in [0.15, 0.2) is 15.0 Å². The summed E-state index contributed by atoms with van der Waals surface area (Å²) in [4.78, 5) is 18.2. The van der Waals surface area contributed by atoms with Crippen molar-refractivity contribution in [3.63, 3.8) is 0 Å². The van der Waals surface area contributed by atoms with E-state index in [1.165, 1.54) is 35.6 Å². The molecule has 0 saturated heterocycles. The third-order valence-electron chi connectivity index (χ3n) is 4.48. The zero-order valence-corrected chi connectivity index (χ0v) is 16.9. The number of fused-ring (bicyclic) bond motifs is 3. The van der Waals surface area contributed by atoms with Gasteiger partial charge >= 0.3 is 0 Å². The van der Waals surface area contributed by atoms with Crippen molar-refractivity contribution in [1.29, 1.82) is 0 Å². The normalized spacial score (nSPS) is 12.8. The molecule has 1 amide bonds. The number of sulfone groups is 1. The number of nitrogens with zero attached hydrogens (tertiary/aromatic N) is 1. The van der Waals surface area contributed by atoms with Crippen LogP contribution in [0.15, 0.2) is 53.4 Å². The first kappa shape index (κ1) is 18.6. The van der Waals surface area contributed by atoms with E-state index in [1.54, 1.807) is 13.8 Å². The number of carbonyl (C=O) groups is 1. The van der Waals surface area contributed by atoms with E-state index in [1.807, 2.05) is 24.3 Å². The van der Waals surface area contributed by atoms with Crippen LogP contribution in [-0.4, -0.2) is 24.6 Å². The van der Waals surface area contributed by atoms with Gasteiger partial charge < -0.3 is 4.74 Å². The van der Waals surface area contributed by atoms with Crippen LogP contribution in [0.2, 0.25) is 0 Å². The van der Waals surface area contributed by atoms with E-state index in [4.69, 9.17) is 4.74 Å². The summed E-state index contributed by atoms with van der Waals surface area (Å²) in [6.07, 6.45) is 0. The molecule has 144 valence electrons. The molecule has 28 heavy (non-hydrogen) atoms. The third-order valence-corrected chi connectivity index (χ3v) is 7.60. The van der Waals surface area contributed by atoms with Crippen LogP contribution < -0.4 is 10.1 Å². The van der Waals surface area contributed by atoms with Crippen LogP contribution in [0, 0.1) is 0 Å². The quantitative estimate of drug-likeness (QED) is 0.694. The van der Waals surface area contributed by atoms with Gasteiger partial charge in [0.2, 0.25) is 0 Å². The number of rotatable bonds is 4. The van der Waals surface area contributed by atoms with Gasteiger partial charge in [0, 0.05) is 11.1 Å². The molecule has 4 rings (SSSR count). The first-order valence-electron chi connectivity index (χ1n) is 8.73. The standard InChI is InChI=1S/C20H18N2O4S2/c1-12(2)28(24,25)14-9-7-13(8-10-14)19(23)22-20-21-18-15-5-3-4-6-16(15)26-11-17(18)27-20/h3-10,12H,11H2,1-2H3,(H,21,22,23). The lowest BCUT2D eigenvalue weighted by Crippen LogP contribution is -2.15. The lowest BCUT2D eigenvalue weighted by molar-refractivity contribution is 0.102. The number of aromatic nitrogens is 1. The molecule has 0 fully saturated rings. The lowest BCUT2D eigenvalue weighted by Gasteiger charge is -2.15. The highest BCUT2D eigenvalue weighted by Crippen LogP contribution is 2.40. The van der Waals surface area contributed by atoms with Crippen LogP contribution in [0.25, 0.3) is 11.3 Å². The number of anilines is 1. The summed E-state index contributed by atoms with van der Waals surface area (Å²) in [6, 6.07) is 13.6. The first-order chi connectivity index (χ1) is 13.4. The number of benzene rings is 2. The highest BCUT2D eigenvalue weighted by atomic mass is 32.2. The summed E-state index contributed by atoms with van der Waals surface area (Å²) >= 11 is 1.37. The molecule has 0 aliphatic carbocycles. The van der Waals surface area contributed by atoms with Crippen molar-refractivity contribution in [2.75, 3.05) is 5.32 Å². The fourth-order valence-electron chi connectivity index (χ4n) is 2.88. The number of ether oxygens (including phenoxy) is 1. The number of amides is 1. The summed E-state index contributed by atoms with van der Waals surface area (Å²) in [7, 11) is -3.36. The molecular weight excluding hydrogens is 396 g/mol. The van der Waals surface area contributed by atoms with Crippen molar-refractivity contribution in [3.05, 3.63) is 59.0 Å². The molecule has 0 spiro atoms. The average molecular weight is 415 g/mol. The van der Waals surface area contributed by atoms with Crippen molar-refractivity contribution in [1.82, 2.24) is 4.98 Å². The van der Waals surface area contributed by atoms with E-state index in [9.17, 15) is 13.2 Å². The smallest absolute Gasteiger partial charge is 0.257 e. The average Bonchev–Trinajstić information content (AvgIpc) is 3.11. The summed E-state index contributed by atoms with van der Waals surface area (Å²) in [5.41, 5.74) is 2.09. The van der Waals surface area contributed by atoms with Crippen LogP contribution in [-0.2, 0) is 16.4 Å². The molecular formula is C20H18N2O4S2. The van der Waals surface area contributed by atoms with E-state index >= 15 is 0 Å². The van der Waals surface area contributed by atoms with Gasteiger partial charge in [-0.25, -0.2) is 13.4 Å². The molecule has 1 aliphatic rings. The largest absolute Gasteiger partial charge is 0.487 e. The van der Waals surface area contributed by atoms with Crippen LogP contribution in [0.4, 0.5) is 5.13 Å². The van der Waals surface area contributed by atoms with E-state index in [0.29, 0.717) is 17.3 Å². The summed E-state index contributed by atoms with van der Waals surface area (Å²) in [5.74, 6) is 0.439. The Morgan fingerprint density at radius 2 is 1.86 bits per heavy atom. The maximum atomic E-state index is 12.5. The minimum Gasteiger partial charge on any atom is -0.487 e. The first-order valence-corrected chi connectivity index (χ1v) is 11.1. The van der Waals surface area contributed by atoms with E-state index in [0.717, 1.165) is 21.9 Å². The van der Waals surface area contributed by atoms with Gasteiger partial charge in [0.25, 0.3) is 5.91 Å². The maximum absolute atomic E-state index is 12.5. The van der Waals surface area contributed by atoms with Gasteiger partial charge in [-0.05, 0) is 50.2 Å². The molecule has 0 saturated carbocycles. The molecule has 1 N–H and O–H groups in total. The molecule has 0 radical (unpaired) electrons. The zero-order chi connectivity index (χ0) is 19.9. The molecule has 0 bridgehead atoms. The lowest BCUT2D eigenvalue weighted by atomic mass is 10.1. The van der Waals surface area contributed by atoms with Crippen molar-refractivity contribution in [2.24, 2.45) is 0 Å². The monoisotopic (exact) mass is 414 g/mol. The SMILES string of the molecule is CC(C)S(=O)(=O)c1ccc(C(=O)Nc2nc3c(s2)COc2ccccc2-3)cc1. The van der Waals surface area contributed by atoms with Crippen LogP contribution >= 0.6 is 11.3 Å². The molecule has 1 aliphatic heterocycles. The molecule has 0 unspecified atom stereocenters. The summed E-state index contributed by atoms with van der Waals surface area (Å²) < 4.78 is 30.1. The van der Waals surface area contributed by atoms with Gasteiger partial charge in [0.05, 0.1) is 20.7 Å². The van der Waals surface area contributed by atoms with E-state index in [-0.39, 0.29) is 10.8 Å². The number of thiazole rings is 1. The second kappa shape index (κ2) is 7.03. The highest BCUT2D eigenvalue weighted by molar-refractivity contribution is 7.92. The van der Waals surface area contributed by atoms with Crippen molar-refractivity contribution >= 4 is 32.2 Å². The predicted molar refractivity (Wildman–Crippen MR) is 109 cm³/mol. The Kier molecular flexibility index (Phi) is 4.68. The molecule has 0 atom stereocenters. The number of hydrogen-bond acceptors (Lipinski definition) is 6. The molecule has 8 heteroatoms. The molecule has 2 heterocycles.